The van der Waals surface area contributed by atoms with Crippen molar-refractivity contribution < 1.29 is 5.11 Å². The van der Waals surface area contributed by atoms with Crippen LogP contribution < -0.4 is 0 Å². The fourth-order valence-electron chi connectivity index (χ4n) is 1.78. The van der Waals surface area contributed by atoms with E-state index in [9.17, 15) is 5.11 Å². The highest BCUT2D eigenvalue weighted by molar-refractivity contribution is 5.78. The Labute approximate surface area is 91.5 Å². The van der Waals surface area contributed by atoms with E-state index in [2.05, 4.69) is 0 Å². The molecule has 0 aliphatic rings. The van der Waals surface area contributed by atoms with Gasteiger partial charge in [0, 0.05) is 5.71 Å². The van der Waals surface area contributed by atoms with E-state index in [4.69, 9.17) is 5.41 Å². The number of phenols is 1. The molecule has 0 heterocycles. The Hall–Kier alpha value is -1.31. The van der Waals surface area contributed by atoms with Crippen LogP contribution in [0.3, 0.4) is 0 Å². The van der Waals surface area contributed by atoms with E-state index in [0.29, 0.717) is 11.5 Å². The van der Waals surface area contributed by atoms with Crippen LogP contribution in [0.4, 0.5) is 0 Å². The zero-order valence-electron chi connectivity index (χ0n) is 9.72. The van der Waals surface area contributed by atoms with Gasteiger partial charge in [0.15, 0.2) is 0 Å². The summed E-state index contributed by atoms with van der Waals surface area (Å²) in [5.41, 5.74) is 3.84. The molecule has 0 atom stereocenters. The SMILES string of the molecule is CC(=N)CCCc1cc(C)cc(C)c1O. The predicted octanol–water partition coefficient (Wildman–Crippen LogP) is 3.37. The number of hydrogen-bond acceptors (Lipinski definition) is 2. The summed E-state index contributed by atoms with van der Waals surface area (Å²) in [5.74, 6) is 0.420. The second-order valence-corrected chi connectivity index (χ2v) is 4.22. The molecule has 0 fully saturated rings. The van der Waals surface area contributed by atoms with Crippen molar-refractivity contribution in [1.29, 1.82) is 5.41 Å². The van der Waals surface area contributed by atoms with Crippen LogP contribution in [0.25, 0.3) is 0 Å². The molecular formula is C13H19NO. The highest BCUT2D eigenvalue weighted by atomic mass is 16.3. The maximum absolute atomic E-state index is 9.83. The van der Waals surface area contributed by atoms with Crippen molar-refractivity contribution in [1.82, 2.24) is 0 Å². The summed E-state index contributed by atoms with van der Waals surface area (Å²) in [5, 5.41) is 17.2. The zero-order chi connectivity index (χ0) is 11.4. The summed E-state index contributed by atoms with van der Waals surface area (Å²) in [6.45, 7) is 5.78. The first-order chi connectivity index (χ1) is 7.00. The highest BCUT2D eigenvalue weighted by Crippen LogP contribution is 2.25. The summed E-state index contributed by atoms with van der Waals surface area (Å²) in [6.07, 6.45) is 2.60. The Kier molecular flexibility index (Phi) is 3.89. The normalized spacial score (nSPS) is 10.3. The lowest BCUT2D eigenvalue weighted by molar-refractivity contribution is 0.463. The summed E-state index contributed by atoms with van der Waals surface area (Å²) < 4.78 is 0. The fraction of sp³-hybridized carbons (Fsp3) is 0.462. The highest BCUT2D eigenvalue weighted by Gasteiger charge is 2.05. The smallest absolute Gasteiger partial charge is 0.121 e. The van der Waals surface area contributed by atoms with Gasteiger partial charge in [-0.25, -0.2) is 0 Å². The van der Waals surface area contributed by atoms with Crippen LogP contribution >= 0.6 is 0 Å². The Balaban J connectivity index is 2.72. The van der Waals surface area contributed by atoms with Gasteiger partial charge in [-0.2, -0.15) is 0 Å². The first-order valence-electron chi connectivity index (χ1n) is 5.34. The van der Waals surface area contributed by atoms with Gasteiger partial charge >= 0.3 is 0 Å². The molecule has 0 aliphatic heterocycles. The van der Waals surface area contributed by atoms with Crippen molar-refractivity contribution in [3.63, 3.8) is 0 Å². The third kappa shape index (κ3) is 3.39. The molecule has 0 saturated carbocycles. The van der Waals surface area contributed by atoms with E-state index in [0.717, 1.165) is 30.4 Å². The second-order valence-electron chi connectivity index (χ2n) is 4.22. The summed E-state index contributed by atoms with van der Waals surface area (Å²) in [7, 11) is 0. The average molecular weight is 205 g/mol. The van der Waals surface area contributed by atoms with Gasteiger partial charge in [0.05, 0.1) is 0 Å². The largest absolute Gasteiger partial charge is 0.507 e. The standard InChI is InChI=1S/C13H19NO/c1-9-7-10(2)13(15)12(8-9)6-4-5-11(3)14/h7-8,14-15H,4-6H2,1-3H3. The lowest BCUT2D eigenvalue weighted by Gasteiger charge is -2.08. The van der Waals surface area contributed by atoms with Gasteiger partial charge in [-0.3, -0.25) is 0 Å². The van der Waals surface area contributed by atoms with Gasteiger partial charge in [-0.15, -0.1) is 0 Å². The monoisotopic (exact) mass is 205 g/mol. The molecule has 1 aromatic carbocycles. The molecule has 0 unspecified atom stereocenters. The molecule has 2 N–H and O–H groups in total. The molecule has 0 saturated heterocycles. The predicted molar refractivity (Wildman–Crippen MR) is 63.9 cm³/mol. The molecule has 2 nitrogen and oxygen atoms in total. The minimum absolute atomic E-state index is 0.420. The topological polar surface area (TPSA) is 44.1 Å². The van der Waals surface area contributed by atoms with Crippen LogP contribution in [0, 0.1) is 19.3 Å². The Morgan fingerprint density at radius 2 is 2.00 bits per heavy atom. The maximum atomic E-state index is 9.83. The molecule has 0 aromatic heterocycles. The molecule has 0 spiro atoms. The lowest BCUT2D eigenvalue weighted by Crippen LogP contribution is -1.94. The van der Waals surface area contributed by atoms with Crippen LogP contribution in [0.2, 0.25) is 0 Å². The molecule has 0 aliphatic carbocycles. The molecule has 15 heavy (non-hydrogen) atoms. The zero-order valence-corrected chi connectivity index (χ0v) is 9.72. The average Bonchev–Trinajstić information content (AvgIpc) is 2.12. The molecular weight excluding hydrogens is 186 g/mol. The van der Waals surface area contributed by atoms with Crippen molar-refractivity contribution in [2.75, 3.05) is 0 Å². The summed E-state index contributed by atoms with van der Waals surface area (Å²) in [4.78, 5) is 0. The fourth-order valence-corrected chi connectivity index (χ4v) is 1.78. The first-order valence-corrected chi connectivity index (χ1v) is 5.34. The second kappa shape index (κ2) is 4.96. The van der Waals surface area contributed by atoms with Crippen LogP contribution in [-0.4, -0.2) is 10.8 Å². The first kappa shape index (κ1) is 11.8. The summed E-state index contributed by atoms with van der Waals surface area (Å²) in [6, 6.07) is 4.02. The van der Waals surface area contributed by atoms with Crippen molar-refractivity contribution in [3.8, 4) is 5.75 Å². The van der Waals surface area contributed by atoms with Gasteiger partial charge in [0.2, 0.25) is 0 Å². The molecule has 1 aromatic rings. The van der Waals surface area contributed by atoms with Crippen molar-refractivity contribution in [3.05, 3.63) is 28.8 Å². The van der Waals surface area contributed by atoms with Gasteiger partial charge in [0.1, 0.15) is 5.75 Å². The van der Waals surface area contributed by atoms with Gasteiger partial charge in [-0.1, -0.05) is 17.7 Å². The minimum atomic E-state index is 0.420. The number of aromatic hydroxyl groups is 1. The van der Waals surface area contributed by atoms with Crippen molar-refractivity contribution >= 4 is 5.71 Å². The van der Waals surface area contributed by atoms with Crippen LogP contribution in [0.1, 0.15) is 36.5 Å². The molecule has 82 valence electrons. The number of rotatable bonds is 4. The Morgan fingerprint density at radius 3 is 2.60 bits per heavy atom. The van der Waals surface area contributed by atoms with Gasteiger partial charge < -0.3 is 10.5 Å². The van der Waals surface area contributed by atoms with E-state index < -0.39 is 0 Å². The van der Waals surface area contributed by atoms with Crippen molar-refractivity contribution in [2.24, 2.45) is 0 Å². The van der Waals surface area contributed by atoms with E-state index in [1.807, 2.05) is 32.9 Å². The lowest BCUT2D eigenvalue weighted by atomic mass is 10.0. The van der Waals surface area contributed by atoms with E-state index in [1.165, 1.54) is 5.56 Å². The van der Waals surface area contributed by atoms with Crippen molar-refractivity contribution in [2.45, 2.75) is 40.0 Å². The number of aryl methyl sites for hydroxylation is 3. The molecule has 0 radical (unpaired) electrons. The Bertz CT molecular complexity index is 369. The van der Waals surface area contributed by atoms with Crippen LogP contribution in [0.15, 0.2) is 12.1 Å². The third-order valence-corrected chi connectivity index (χ3v) is 2.52. The molecule has 1 rings (SSSR count). The van der Waals surface area contributed by atoms with Crippen LogP contribution in [0.5, 0.6) is 5.75 Å². The summed E-state index contributed by atoms with van der Waals surface area (Å²) >= 11 is 0. The Morgan fingerprint density at radius 1 is 1.33 bits per heavy atom. The molecule has 0 amide bonds. The minimum Gasteiger partial charge on any atom is -0.507 e. The van der Waals surface area contributed by atoms with E-state index >= 15 is 0 Å². The number of nitrogens with one attached hydrogen (secondary N) is 1. The number of benzene rings is 1. The number of hydrogen-bond donors (Lipinski definition) is 2. The molecule has 2 heteroatoms. The molecule has 0 bridgehead atoms. The van der Waals surface area contributed by atoms with Gasteiger partial charge in [-0.05, 0) is 51.2 Å². The third-order valence-electron chi connectivity index (χ3n) is 2.52. The van der Waals surface area contributed by atoms with E-state index in [1.54, 1.807) is 0 Å². The maximum Gasteiger partial charge on any atom is 0.121 e. The van der Waals surface area contributed by atoms with Gasteiger partial charge in [0.25, 0.3) is 0 Å². The number of phenolic OH excluding ortho intramolecular Hbond substituents is 1. The van der Waals surface area contributed by atoms with Crippen LogP contribution in [-0.2, 0) is 6.42 Å². The quantitative estimate of drug-likeness (QED) is 0.727. The van der Waals surface area contributed by atoms with E-state index in [-0.39, 0.29) is 0 Å².